The fourth-order valence-electron chi connectivity index (χ4n) is 4.09. The van der Waals surface area contributed by atoms with Crippen LogP contribution in [0.1, 0.15) is 5.56 Å². The van der Waals surface area contributed by atoms with E-state index in [1.54, 1.807) is 14.2 Å². The number of methoxy groups -OCH3 is 2. The van der Waals surface area contributed by atoms with Gasteiger partial charge in [0.25, 0.3) is 0 Å². The van der Waals surface area contributed by atoms with E-state index in [1.165, 1.54) is 21.5 Å². The van der Waals surface area contributed by atoms with Crippen molar-refractivity contribution >= 4 is 23.2 Å². The van der Waals surface area contributed by atoms with E-state index < -0.39 is 7.26 Å². The minimum absolute atomic E-state index is 0.763. The van der Waals surface area contributed by atoms with Crippen molar-refractivity contribution in [2.45, 2.75) is 6.16 Å². The molecule has 0 N–H and O–H groups in total. The first-order chi connectivity index (χ1) is 14.8. The van der Waals surface area contributed by atoms with E-state index in [-0.39, 0.29) is 0 Å². The van der Waals surface area contributed by atoms with Crippen LogP contribution in [0.3, 0.4) is 0 Å². The van der Waals surface area contributed by atoms with E-state index >= 15 is 0 Å². The molecule has 0 aliphatic carbocycles. The minimum atomic E-state index is -2.07. The molecule has 150 valence electrons. The highest BCUT2D eigenvalue weighted by atomic mass is 31.2. The first-order valence-corrected chi connectivity index (χ1v) is 12.0. The topological polar surface area (TPSA) is 18.5 Å². The number of benzene rings is 4. The quantitative estimate of drug-likeness (QED) is 0.388. The van der Waals surface area contributed by atoms with Crippen LogP contribution in [0, 0.1) is 0 Å². The van der Waals surface area contributed by atoms with Gasteiger partial charge in [0.2, 0.25) is 5.75 Å². The highest BCUT2D eigenvalue weighted by Gasteiger charge is 2.48. The summed E-state index contributed by atoms with van der Waals surface area (Å²) >= 11 is 0. The molecule has 0 unspecified atom stereocenters. The molecule has 3 heteroatoms. The van der Waals surface area contributed by atoms with E-state index in [0.29, 0.717) is 0 Å². The fraction of sp³-hybridized carbons (Fsp3) is 0.111. The van der Waals surface area contributed by atoms with Crippen LogP contribution < -0.4 is 25.4 Å². The summed E-state index contributed by atoms with van der Waals surface area (Å²) in [5, 5.41) is 3.85. The Balaban J connectivity index is 2.08. The van der Waals surface area contributed by atoms with Gasteiger partial charge < -0.3 is 9.47 Å². The van der Waals surface area contributed by atoms with Gasteiger partial charge in [0.15, 0.2) is 11.1 Å². The summed E-state index contributed by atoms with van der Waals surface area (Å²) in [7, 11) is 1.35. The normalized spacial score (nSPS) is 11.1. The summed E-state index contributed by atoms with van der Waals surface area (Å²) in [6.07, 6.45) is 0.908. The van der Waals surface area contributed by atoms with Gasteiger partial charge in [0.1, 0.15) is 17.9 Å². The third-order valence-electron chi connectivity index (χ3n) is 5.45. The molecular weight excluding hydrogens is 387 g/mol. The first-order valence-electron chi connectivity index (χ1n) is 10.0. The molecular formula is C27H26O2P+. The zero-order valence-electron chi connectivity index (χ0n) is 17.4. The average Bonchev–Trinajstić information content (AvgIpc) is 2.83. The average molecular weight is 413 g/mol. The van der Waals surface area contributed by atoms with E-state index in [4.69, 9.17) is 9.47 Å². The van der Waals surface area contributed by atoms with Crippen LogP contribution in [-0.4, -0.2) is 14.2 Å². The van der Waals surface area contributed by atoms with Crippen molar-refractivity contribution in [2.24, 2.45) is 0 Å². The van der Waals surface area contributed by atoms with Crippen molar-refractivity contribution in [1.29, 1.82) is 0 Å². The van der Waals surface area contributed by atoms with Crippen LogP contribution in [0.4, 0.5) is 0 Å². The van der Waals surface area contributed by atoms with Crippen LogP contribution in [0.5, 0.6) is 11.5 Å². The Morgan fingerprint density at radius 3 is 1.60 bits per heavy atom. The molecule has 0 spiro atoms. The van der Waals surface area contributed by atoms with Gasteiger partial charge in [-0.1, -0.05) is 72.8 Å². The number of hydrogen-bond donors (Lipinski definition) is 0. The summed E-state index contributed by atoms with van der Waals surface area (Å²) in [4.78, 5) is 0. The van der Waals surface area contributed by atoms with Crippen molar-refractivity contribution in [1.82, 2.24) is 0 Å². The standard InChI is InChI=1S/C27H26O2P/c1-28-25-19-12-20-26(27(25)29-2)30(23-15-8-4-9-16-23,24-17-10-5-11-18-24)21-22-13-6-3-7-14-22/h3-20H,21H2,1-2H3/q+1. The zero-order valence-corrected chi connectivity index (χ0v) is 18.3. The molecule has 0 aliphatic rings. The lowest BCUT2D eigenvalue weighted by atomic mass is 10.2. The Morgan fingerprint density at radius 2 is 1.10 bits per heavy atom. The lowest BCUT2D eigenvalue weighted by Crippen LogP contribution is -2.33. The van der Waals surface area contributed by atoms with Gasteiger partial charge in [-0.3, -0.25) is 0 Å². The second kappa shape index (κ2) is 9.15. The highest BCUT2D eigenvalue weighted by molar-refractivity contribution is 7.95. The van der Waals surface area contributed by atoms with Crippen molar-refractivity contribution in [3.05, 3.63) is 115 Å². The molecule has 4 aromatic rings. The SMILES string of the molecule is COc1cccc([P+](Cc2ccccc2)(c2ccccc2)c2ccccc2)c1OC. The Hall–Kier alpha value is -3.09. The predicted octanol–water partition coefficient (Wildman–Crippen LogP) is 5.20. The summed E-state index contributed by atoms with van der Waals surface area (Å²) in [5.41, 5.74) is 1.31. The van der Waals surface area contributed by atoms with Gasteiger partial charge in [-0.15, -0.1) is 0 Å². The van der Waals surface area contributed by atoms with Crippen molar-refractivity contribution in [2.75, 3.05) is 14.2 Å². The summed E-state index contributed by atoms with van der Waals surface area (Å²) in [6, 6.07) is 38.7. The molecule has 0 saturated heterocycles. The van der Waals surface area contributed by atoms with Gasteiger partial charge in [-0.25, -0.2) is 0 Å². The second-order valence-electron chi connectivity index (χ2n) is 7.14. The number of hydrogen-bond acceptors (Lipinski definition) is 2. The third kappa shape index (κ3) is 3.72. The number of rotatable bonds is 7. The molecule has 0 atom stereocenters. The Morgan fingerprint density at radius 1 is 0.567 bits per heavy atom. The maximum absolute atomic E-state index is 5.96. The van der Waals surface area contributed by atoms with Crippen molar-refractivity contribution in [3.8, 4) is 11.5 Å². The lowest BCUT2D eigenvalue weighted by molar-refractivity contribution is 0.357. The minimum Gasteiger partial charge on any atom is -0.493 e. The van der Waals surface area contributed by atoms with Crippen LogP contribution in [0.25, 0.3) is 0 Å². The van der Waals surface area contributed by atoms with Gasteiger partial charge in [0.05, 0.1) is 20.4 Å². The molecule has 0 heterocycles. The number of para-hydroxylation sites is 1. The van der Waals surface area contributed by atoms with Gasteiger partial charge in [-0.05, 0) is 42.0 Å². The molecule has 0 aliphatic heterocycles. The van der Waals surface area contributed by atoms with Gasteiger partial charge in [-0.2, -0.15) is 0 Å². The molecule has 0 bridgehead atoms. The Bertz CT molecular complexity index is 1040. The molecule has 0 saturated carbocycles. The van der Waals surface area contributed by atoms with Gasteiger partial charge >= 0.3 is 0 Å². The number of ether oxygens (including phenoxy) is 2. The molecule has 30 heavy (non-hydrogen) atoms. The Labute approximate surface area is 179 Å². The lowest BCUT2D eigenvalue weighted by Gasteiger charge is -2.29. The van der Waals surface area contributed by atoms with Gasteiger partial charge in [0, 0.05) is 0 Å². The van der Waals surface area contributed by atoms with Crippen LogP contribution in [0.15, 0.2) is 109 Å². The molecule has 0 radical (unpaired) electrons. The zero-order chi connectivity index (χ0) is 20.8. The molecule has 0 fully saturated rings. The molecule has 0 aromatic heterocycles. The Kier molecular flexibility index (Phi) is 6.16. The molecule has 4 aromatic carbocycles. The summed E-state index contributed by atoms with van der Waals surface area (Å²) < 4.78 is 11.6. The van der Waals surface area contributed by atoms with Crippen LogP contribution in [0.2, 0.25) is 0 Å². The van der Waals surface area contributed by atoms with Crippen molar-refractivity contribution < 1.29 is 9.47 Å². The fourth-order valence-corrected chi connectivity index (χ4v) is 8.49. The summed E-state index contributed by atoms with van der Waals surface area (Å²) in [5.74, 6) is 1.58. The molecule has 4 rings (SSSR count). The summed E-state index contributed by atoms with van der Waals surface area (Å²) in [6.45, 7) is 0. The largest absolute Gasteiger partial charge is 0.493 e. The van der Waals surface area contributed by atoms with E-state index in [1.807, 2.05) is 6.07 Å². The maximum atomic E-state index is 5.96. The van der Waals surface area contributed by atoms with E-state index in [9.17, 15) is 0 Å². The molecule has 2 nitrogen and oxygen atoms in total. The van der Waals surface area contributed by atoms with E-state index in [0.717, 1.165) is 17.7 Å². The van der Waals surface area contributed by atoms with Crippen molar-refractivity contribution in [3.63, 3.8) is 0 Å². The predicted molar refractivity (Wildman–Crippen MR) is 128 cm³/mol. The highest BCUT2D eigenvalue weighted by Crippen LogP contribution is 2.60. The van der Waals surface area contributed by atoms with Crippen LogP contribution >= 0.6 is 7.26 Å². The van der Waals surface area contributed by atoms with Crippen LogP contribution in [-0.2, 0) is 6.16 Å². The second-order valence-corrected chi connectivity index (χ2v) is 10.6. The monoisotopic (exact) mass is 413 g/mol. The smallest absolute Gasteiger partial charge is 0.204 e. The third-order valence-corrected chi connectivity index (χ3v) is 9.82. The maximum Gasteiger partial charge on any atom is 0.204 e. The first kappa shape index (κ1) is 20.2. The van der Waals surface area contributed by atoms with E-state index in [2.05, 4.69) is 103 Å². The molecule has 0 amide bonds.